The summed E-state index contributed by atoms with van der Waals surface area (Å²) in [6, 6.07) is 5.31. The first-order chi connectivity index (χ1) is 11.0. The maximum absolute atomic E-state index is 12.9. The van der Waals surface area contributed by atoms with Gasteiger partial charge in [0.15, 0.2) is 5.82 Å². The molecule has 7 heteroatoms. The lowest BCUT2D eigenvalue weighted by molar-refractivity contribution is 0.210. The van der Waals surface area contributed by atoms with Crippen LogP contribution >= 0.6 is 0 Å². The molecule has 1 N–H and O–H groups in total. The zero-order valence-electron chi connectivity index (χ0n) is 13.5. The summed E-state index contributed by atoms with van der Waals surface area (Å²) >= 11 is 0. The molecule has 0 aliphatic heterocycles. The van der Waals surface area contributed by atoms with Crippen LogP contribution in [0, 0.1) is 11.7 Å². The van der Waals surface area contributed by atoms with Crippen molar-refractivity contribution in [3.05, 3.63) is 41.8 Å². The van der Waals surface area contributed by atoms with Crippen LogP contribution in [0.25, 0.3) is 0 Å². The molecule has 0 spiro atoms. The molecule has 6 nitrogen and oxygen atoms in total. The average molecular weight is 320 g/mol. The Morgan fingerprint density at radius 2 is 2.04 bits per heavy atom. The quantitative estimate of drug-likeness (QED) is 0.885. The fourth-order valence-corrected chi connectivity index (χ4v) is 2.02. The number of amides is 2. The summed E-state index contributed by atoms with van der Waals surface area (Å²) in [7, 11) is 0. The summed E-state index contributed by atoms with van der Waals surface area (Å²) in [6.07, 6.45) is 0.709. The van der Waals surface area contributed by atoms with E-state index < -0.39 is 0 Å². The van der Waals surface area contributed by atoms with E-state index in [1.807, 2.05) is 6.92 Å². The number of aromatic nitrogens is 2. The second-order valence-corrected chi connectivity index (χ2v) is 5.65. The van der Waals surface area contributed by atoms with Crippen LogP contribution in [0.1, 0.15) is 32.5 Å². The molecular weight excluding hydrogens is 299 g/mol. The summed E-state index contributed by atoms with van der Waals surface area (Å²) < 4.78 is 18.0. The predicted octanol–water partition coefficient (Wildman–Crippen LogP) is 3.46. The van der Waals surface area contributed by atoms with Gasteiger partial charge in [0.1, 0.15) is 5.82 Å². The molecule has 1 aromatic carbocycles. The maximum atomic E-state index is 12.9. The van der Waals surface area contributed by atoms with Gasteiger partial charge < -0.3 is 14.7 Å². The first-order valence-electron chi connectivity index (χ1n) is 7.61. The van der Waals surface area contributed by atoms with Crippen LogP contribution in [0.3, 0.4) is 0 Å². The molecule has 2 amide bonds. The summed E-state index contributed by atoms with van der Waals surface area (Å²) in [6.45, 7) is 6.74. The van der Waals surface area contributed by atoms with E-state index in [0.717, 1.165) is 0 Å². The van der Waals surface area contributed by atoms with Gasteiger partial charge in [-0.1, -0.05) is 19.0 Å². The van der Waals surface area contributed by atoms with Gasteiger partial charge in [0, 0.05) is 18.7 Å². The van der Waals surface area contributed by atoms with E-state index in [0.29, 0.717) is 36.3 Å². The SMILES string of the molecule is CCN(Cc1noc(CC(C)C)n1)C(=O)Nc1ccc(F)cc1. The van der Waals surface area contributed by atoms with Crippen LogP contribution < -0.4 is 5.32 Å². The van der Waals surface area contributed by atoms with Crippen molar-refractivity contribution < 1.29 is 13.7 Å². The first kappa shape index (κ1) is 16.9. The third-order valence-electron chi connectivity index (χ3n) is 3.19. The van der Waals surface area contributed by atoms with E-state index in [2.05, 4.69) is 29.3 Å². The number of benzene rings is 1. The van der Waals surface area contributed by atoms with Crippen LogP contribution in [-0.4, -0.2) is 27.6 Å². The smallest absolute Gasteiger partial charge is 0.322 e. The average Bonchev–Trinajstić information content (AvgIpc) is 2.93. The molecule has 0 unspecified atom stereocenters. The number of hydrogen-bond donors (Lipinski definition) is 1. The molecule has 2 rings (SSSR count). The lowest BCUT2D eigenvalue weighted by Crippen LogP contribution is -2.34. The zero-order valence-corrected chi connectivity index (χ0v) is 13.5. The first-order valence-corrected chi connectivity index (χ1v) is 7.61. The van der Waals surface area contributed by atoms with Crippen molar-refractivity contribution in [3.8, 4) is 0 Å². The third-order valence-corrected chi connectivity index (χ3v) is 3.19. The summed E-state index contributed by atoms with van der Waals surface area (Å²) in [5, 5.41) is 6.61. The van der Waals surface area contributed by atoms with Gasteiger partial charge >= 0.3 is 6.03 Å². The molecule has 23 heavy (non-hydrogen) atoms. The minimum absolute atomic E-state index is 0.255. The van der Waals surface area contributed by atoms with Gasteiger partial charge in [0.05, 0.1) is 6.54 Å². The predicted molar refractivity (Wildman–Crippen MR) is 84.3 cm³/mol. The monoisotopic (exact) mass is 320 g/mol. The number of hydrogen-bond acceptors (Lipinski definition) is 4. The molecule has 0 aliphatic rings. The fourth-order valence-electron chi connectivity index (χ4n) is 2.02. The van der Waals surface area contributed by atoms with Gasteiger partial charge in [-0.2, -0.15) is 4.98 Å². The largest absolute Gasteiger partial charge is 0.339 e. The van der Waals surface area contributed by atoms with Crippen molar-refractivity contribution in [2.45, 2.75) is 33.7 Å². The van der Waals surface area contributed by atoms with Gasteiger partial charge in [-0.05, 0) is 37.1 Å². The normalized spacial score (nSPS) is 10.8. The Morgan fingerprint density at radius 1 is 1.35 bits per heavy atom. The Balaban J connectivity index is 1.97. The highest BCUT2D eigenvalue weighted by Gasteiger charge is 2.16. The Hall–Kier alpha value is -2.44. The summed E-state index contributed by atoms with van der Waals surface area (Å²) in [5.41, 5.74) is 0.531. The van der Waals surface area contributed by atoms with Crippen molar-refractivity contribution in [1.29, 1.82) is 0 Å². The Morgan fingerprint density at radius 3 is 2.65 bits per heavy atom. The lowest BCUT2D eigenvalue weighted by Gasteiger charge is -2.19. The van der Waals surface area contributed by atoms with Crippen molar-refractivity contribution in [2.75, 3.05) is 11.9 Å². The standard InChI is InChI=1S/C16H21FN4O2/c1-4-21(10-14-19-15(23-20-14)9-11(2)3)16(22)18-13-7-5-12(17)6-8-13/h5-8,11H,4,9-10H2,1-3H3,(H,18,22). The number of urea groups is 1. The van der Waals surface area contributed by atoms with E-state index in [4.69, 9.17) is 4.52 Å². The van der Waals surface area contributed by atoms with Crippen molar-refractivity contribution in [1.82, 2.24) is 15.0 Å². The number of nitrogens with zero attached hydrogens (tertiary/aromatic N) is 3. The number of carbonyl (C=O) groups excluding carboxylic acids is 1. The molecule has 1 aromatic heterocycles. The van der Waals surface area contributed by atoms with Crippen LogP contribution in [0.15, 0.2) is 28.8 Å². The molecule has 0 atom stereocenters. The Labute approximate surface area is 134 Å². The van der Waals surface area contributed by atoms with E-state index in [1.54, 1.807) is 4.90 Å². The molecule has 1 heterocycles. The van der Waals surface area contributed by atoms with E-state index in [1.165, 1.54) is 24.3 Å². The molecular formula is C16H21FN4O2. The topological polar surface area (TPSA) is 71.3 Å². The minimum Gasteiger partial charge on any atom is -0.339 e. The molecule has 0 aliphatic carbocycles. The Bertz CT molecular complexity index is 640. The lowest BCUT2D eigenvalue weighted by atomic mass is 10.1. The second-order valence-electron chi connectivity index (χ2n) is 5.65. The Kier molecular flexibility index (Phi) is 5.67. The second kappa shape index (κ2) is 7.71. The fraction of sp³-hybridized carbons (Fsp3) is 0.438. The highest BCUT2D eigenvalue weighted by molar-refractivity contribution is 5.89. The van der Waals surface area contributed by atoms with Gasteiger partial charge in [0.2, 0.25) is 5.89 Å². The van der Waals surface area contributed by atoms with Gasteiger partial charge in [-0.15, -0.1) is 0 Å². The van der Waals surface area contributed by atoms with Crippen LogP contribution in [0.4, 0.5) is 14.9 Å². The molecule has 124 valence electrons. The van der Waals surface area contributed by atoms with Gasteiger partial charge in [-0.25, -0.2) is 9.18 Å². The molecule has 0 radical (unpaired) electrons. The summed E-state index contributed by atoms with van der Waals surface area (Å²) in [5.74, 6) is 1.12. The number of carbonyl (C=O) groups is 1. The van der Waals surface area contributed by atoms with E-state index >= 15 is 0 Å². The molecule has 2 aromatic rings. The zero-order chi connectivity index (χ0) is 16.8. The van der Waals surface area contributed by atoms with Crippen molar-refractivity contribution in [3.63, 3.8) is 0 Å². The van der Waals surface area contributed by atoms with Gasteiger partial charge in [-0.3, -0.25) is 0 Å². The molecule has 0 bridgehead atoms. The van der Waals surface area contributed by atoms with Crippen LogP contribution in [0.5, 0.6) is 0 Å². The van der Waals surface area contributed by atoms with E-state index in [9.17, 15) is 9.18 Å². The number of rotatable bonds is 6. The van der Waals surface area contributed by atoms with Crippen molar-refractivity contribution in [2.24, 2.45) is 5.92 Å². The third kappa shape index (κ3) is 5.05. The highest BCUT2D eigenvalue weighted by Crippen LogP contribution is 2.11. The number of anilines is 1. The number of halogens is 1. The van der Waals surface area contributed by atoms with Gasteiger partial charge in [0.25, 0.3) is 0 Å². The minimum atomic E-state index is -0.347. The highest BCUT2D eigenvalue weighted by atomic mass is 19.1. The maximum Gasteiger partial charge on any atom is 0.322 e. The van der Waals surface area contributed by atoms with Crippen LogP contribution in [-0.2, 0) is 13.0 Å². The van der Waals surface area contributed by atoms with Crippen LogP contribution in [0.2, 0.25) is 0 Å². The number of nitrogens with one attached hydrogen (secondary N) is 1. The summed E-state index contributed by atoms with van der Waals surface area (Å²) in [4.78, 5) is 18.1. The molecule has 0 fully saturated rings. The molecule has 0 saturated carbocycles. The van der Waals surface area contributed by atoms with Crippen molar-refractivity contribution >= 4 is 11.7 Å². The molecule has 0 saturated heterocycles. The van der Waals surface area contributed by atoms with E-state index in [-0.39, 0.29) is 18.4 Å².